The fourth-order valence-corrected chi connectivity index (χ4v) is 5.92. The molecular formula is C27H29NO. The van der Waals surface area contributed by atoms with E-state index in [1.807, 2.05) is 0 Å². The minimum atomic E-state index is -0.207. The van der Waals surface area contributed by atoms with E-state index in [1.54, 1.807) is 0 Å². The number of fused-ring (bicyclic) bond motifs is 1. The number of benzene rings is 3. The van der Waals surface area contributed by atoms with E-state index in [2.05, 4.69) is 95.9 Å². The van der Waals surface area contributed by atoms with Gasteiger partial charge in [-0.3, -0.25) is 4.90 Å². The predicted molar refractivity (Wildman–Crippen MR) is 118 cm³/mol. The fourth-order valence-electron chi connectivity index (χ4n) is 5.92. The largest absolute Gasteiger partial charge is 0.393 e. The molecule has 1 heterocycles. The number of rotatable bonds is 4. The van der Waals surface area contributed by atoms with Gasteiger partial charge in [-0.25, -0.2) is 0 Å². The van der Waals surface area contributed by atoms with Crippen LogP contribution in [0.3, 0.4) is 0 Å². The van der Waals surface area contributed by atoms with Gasteiger partial charge < -0.3 is 5.11 Å². The Labute approximate surface area is 173 Å². The van der Waals surface area contributed by atoms with Gasteiger partial charge in [0.25, 0.3) is 0 Å². The lowest BCUT2D eigenvalue weighted by atomic mass is 9.56. The van der Waals surface area contributed by atoms with Crippen LogP contribution in [0.15, 0.2) is 91.0 Å². The lowest BCUT2D eigenvalue weighted by molar-refractivity contribution is 0.0234. The van der Waals surface area contributed by atoms with Crippen LogP contribution >= 0.6 is 0 Å². The summed E-state index contributed by atoms with van der Waals surface area (Å²) in [4.78, 5) is 2.56. The molecule has 1 saturated carbocycles. The highest BCUT2D eigenvalue weighted by Crippen LogP contribution is 2.53. The molecule has 1 N–H and O–H groups in total. The van der Waals surface area contributed by atoms with E-state index < -0.39 is 0 Å². The third-order valence-corrected chi connectivity index (χ3v) is 7.23. The van der Waals surface area contributed by atoms with Crippen LogP contribution < -0.4 is 0 Å². The summed E-state index contributed by atoms with van der Waals surface area (Å²) >= 11 is 0. The molecule has 0 aromatic heterocycles. The number of aliphatic hydroxyl groups excluding tert-OH is 1. The molecule has 5 rings (SSSR count). The second-order valence-corrected chi connectivity index (χ2v) is 8.76. The smallest absolute Gasteiger partial charge is 0.0584 e. The Morgan fingerprint density at radius 2 is 1.31 bits per heavy atom. The van der Waals surface area contributed by atoms with Crippen LogP contribution in [0.1, 0.15) is 29.5 Å². The molecule has 2 aliphatic rings. The molecule has 3 aromatic carbocycles. The summed E-state index contributed by atoms with van der Waals surface area (Å²) in [7, 11) is 0. The van der Waals surface area contributed by atoms with Crippen molar-refractivity contribution in [2.24, 2.45) is 11.8 Å². The highest BCUT2D eigenvalue weighted by atomic mass is 16.3. The Hall–Kier alpha value is -2.42. The number of aliphatic hydroxyl groups is 1. The Bertz CT molecular complexity index is 885. The van der Waals surface area contributed by atoms with Crippen molar-refractivity contribution < 1.29 is 5.11 Å². The van der Waals surface area contributed by atoms with E-state index >= 15 is 0 Å². The standard InChI is InChI=1S/C27H29NO/c29-26-16-17-27(22-12-6-2-7-13-22,23-14-8-3-9-15-23)25-20-28(19-24(25)26)18-21-10-4-1-5-11-21/h1-15,24-26,29H,16-20H2. The maximum atomic E-state index is 11.0. The van der Waals surface area contributed by atoms with Gasteiger partial charge in [0.15, 0.2) is 0 Å². The first-order valence-corrected chi connectivity index (χ1v) is 10.8. The van der Waals surface area contributed by atoms with Gasteiger partial charge in [-0.2, -0.15) is 0 Å². The zero-order valence-electron chi connectivity index (χ0n) is 16.8. The molecule has 0 bridgehead atoms. The van der Waals surface area contributed by atoms with Crippen molar-refractivity contribution in [2.45, 2.75) is 30.9 Å². The zero-order chi connectivity index (χ0) is 19.7. The van der Waals surface area contributed by atoms with E-state index in [4.69, 9.17) is 0 Å². The number of nitrogens with zero attached hydrogens (tertiary/aromatic N) is 1. The third-order valence-electron chi connectivity index (χ3n) is 7.23. The fraction of sp³-hybridized carbons (Fsp3) is 0.333. The molecule has 29 heavy (non-hydrogen) atoms. The molecule has 148 valence electrons. The predicted octanol–water partition coefficient (Wildman–Crippen LogP) is 4.88. The Morgan fingerprint density at radius 1 is 0.759 bits per heavy atom. The molecule has 1 saturated heterocycles. The van der Waals surface area contributed by atoms with Crippen molar-refractivity contribution >= 4 is 0 Å². The molecule has 0 amide bonds. The Morgan fingerprint density at radius 3 is 1.90 bits per heavy atom. The van der Waals surface area contributed by atoms with Crippen molar-refractivity contribution in [1.82, 2.24) is 4.90 Å². The van der Waals surface area contributed by atoms with Crippen molar-refractivity contribution in [3.05, 3.63) is 108 Å². The molecule has 3 unspecified atom stereocenters. The summed E-state index contributed by atoms with van der Waals surface area (Å²) in [5.74, 6) is 0.729. The van der Waals surface area contributed by atoms with Gasteiger partial charge in [0.1, 0.15) is 0 Å². The highest BCUT2D eigenvalue weighted by Gasteiger charge is 2.54. The highest BCUT2D eigenvalue weighted by molar-refractivity contribution is 5.42. The van der Waals surface area contributed by atoms with Gasteiger partial charge in [0.05, 0.1) is 6.10 Å². The first kappa shape index (κ1) is 18.6. The van der Waals surface area contributed by atoms with E-state index in [0.717, 1.165) is 32.5 Å². The first-order chi connectivity index (χ1) is 14.3. The summed E-state index contributed by atoms with van der Waals surface area (Å²) in [5, 5.41) is 11.0. The average molecular weight is 384 g/mol. The number of hydrogen-bond acceptors (Lipinski definition) is 2. The van der Waals surface area contributed by atoms with Crippen LogP contribution in [0.5, 0.6) is 0 Å². The van der Waals surface area contributed by atoms with E-state index in [1.165, 1.54) is 16.7 Å². The molecule has 0 spiro atoms. The minimum Gasteiger partial charge on any atom is -0.393 e. The van der Waals surface area contributed by atoms with Crippen LogP contribution in [0.25, 0.3) is 0 Å². The van der Waals surface area contributed by atoms with Gasteiger partial charge in [-0.05, 0) is 35.4 Å². The van der Waals surface area contributed by atoms with Gasteiger partial charge in [-0.15, -0.1) is 0 Å². The van der Waals surface area contributed by atoms with Crippen LogP contribution in [0.2, 0.25) is 0 Å². The average Bonchev–Trinajstić information content (AvgIpc) is 3.21. The second kappa shape index (κ2) is 7.78. The molecule has 3 atom stereocenters. The minimum absolute atomic E-state index is 0.0299. The lowest BCUT2D eigenvalue weighted by Crippen LogP contribution is -2.48. The van der Waals surface area contributed by atoms with Crippen molar-refractivity contribution in [3.8, 4) is 0 Å². The molecule has 2 nitrogen and oxygen atoms in total. The second-order valence-electron chi connectivity index (χ2n) is 8.76. The zero-order valence-corrected chi connectivity index (χ0v) is 16.8. The van der Waals surface area contributed by atoms with Crippen LogP contribution in [-0.4, -0.2) is 29.2 Å². The quantitative estimate of drug-likeness (QED) is 0.694. The molecule has 1 aliphatic carbocycles. The van der Waals surface area contributed by atoms with Crippen LogP contribution in [0.4, 0.5) is 0 Å². The summed E-state index contributed by atoms with van der Waals surface area (Å²) in [6.45, 7) is 2.96. The first-order valence-electron chi connectivity index (χ1n) is 10.8. The Balaban J connectivity index is 1.55. The van der Waals surface area contributed by atoms with E-state index in [9.17, 15) is 5.11 Å². The summed E-state index contributed by atoms with van der Waals surface area (Å²) < 4.78 is 0. The normalized spacial score (nSPS) is 26.2. The van der Waals surface area contributed by atoms with Crippen molar-refractivity contribution in [2.75, 3.05) is 13.1 Å². The van der Waals surface area contributed by atoms with Gasteiger partial charge in [-0.1, -0.05) is 91.0 Å². The molecule has 3 aromatic rings. The topological polar surface area (TPSA) is 23.5 Å². The van der Waals surface area contributed by atoms with Crippen LogP contribution in [0, 0.1) is 11.8 Å². The molecule has 2 fully saturated rings. The van der Waals surface area contributed by atoms with Gasteiger partial charge in [0.2, 0.25) is 0 Å². The SMILES string of the molecule is OC1CCC(c2ccccc2)(c2ccccc2)C2CN(Cc3ccccc3)CC12. The number of likely N-dealkylation sites (tertiary alicyclic amines) is 1. The lowest BCUT2D eigenvalue weighted by Gasteiger charge is -2.48. The van der Waals surface area contributed by atoms with Crippen LogP contribution in [-0.2, 0) is 12.0 Å². The number of hydrogen-bond donors (Lipinski definition) is 1. The maximum absolute atomic E-state index is 11.0. The molecule has 1 aliphatic heterocycles. The van der Waals surface area contributed by atoms with Gasteiger partial charge >= 0.3 is 0 Å². The van der Waals surface area contributed by atoms with E-state index in [-0.39, 0.29) is 11.5 Å². The van der Waals surface area contributed by atoms with E-state index in [0.29, 0.717) is 11.8 Å². The van der Waals surface area contributed by atoms with Crippen molar-refractivity contribution in [1.29, 1.82) is 0 Å². The summed E-state index contributed by atoms with van der Waals surface area (Å²) in [6.07, 6.45) is 1.66. The van der Waals surface area contributed by atoms with Gasteiger partial charge in [0, 0.05) is 31.0 Å². The monoisotopic (exact) mass is 383 g/mol. The molecule has 2 heteroatoms. The van der Waals surface area contributed by atoms with Crippen molar-refractivity contribution in [3.63, 3.8) is 0 Å². The Kier molecular flexibility index (Phi) is 4.99. The third kappa shape index (κ3) is 3.31. The molecule has 0 radical (unpaired) electrons. The molecular weight excluding hydrogens is 354 g/mol. The summed E-state index contributed by atoms with van der Waals surface area (Å²) in [5.41, 5.74) is 4.12. The summed E-state index contributed by atoms with van der Waals surface area (Å²) in [6, 6.07) is 32.8. The maximum Gasteiger partial charge on any atom is 0.0584 e.